The first-order valence-electron chi connectivity index (χ1n) is 10.0. The summed E-state index contributed by atoms with van der Waals surface area (Å²) in [5.41, 5.74) is 5.44. The van der Waals surface area contributed by atoms with Gasteiger partial charge in [-0.25, -0.2) is 0 Å². The van der Waals surface area contributed by atoms with Crippen LogP contribution in [0.3, 0.4) is 0 Å². The molecule has 0 aliphatic carbocycles. The van der Waals surface area contributed by atoms with Crippen LogP contribution >= 0.6 is 0 Å². The van der Waals surface area contributed by atoms with Gasteiger partial charge in [0.15, 0.2) is 6.04 Å². The highest BCUT2D eigenvalue weighted by molar-refractivity contribution is 5.94. The number of fused-ring (bicyclic) bond motifs is 1. The number of hydrogen-bond acceptors (Lipinski definition) is 1. The molecule has 0 radical (unpaired) electrons. The number of nitrogens with two attached hydrogens (primary N) is 1. The van der Waals surface area contributed by atoms with Gasteiger partial charge in [-0.05, 0) is 30.7 Å². The van der Waals surface area contributed by atoms with Crippen molar-refractivity contribution < 1.29 is 10.1 Å². The first kappa shape index (κ1) is 19.0. The normalized spacial score (nSPS) is 12.0. The molecule has 0 aliphatic rings. The number of rotatable bonds is 7. The molecule has 0 saturated carbocycles. The minimum Gasteiger partial charge on any atom is -0.361 e. The van der Waals surface area contributed by atoms with Crippen LogP contribution in [0.25, 0.3) is 10.9 Å². The lowest BCUT2D eigenvalue weighted by molar-refractivity contribution is -0.682. The second-order valence-corrected chi connectivity index (χ2v) is 7.38. The molecule has 1 atom stereocenters. The largest absolute Gasteiger partial charge is 0.361 e. The van der Waals surface area contributed by atoms with Crippen molar-refractivity contribution in [2.45, 2.75) is 19.4 Å². The Balaban J connectivity index is 1.47. The second kappa shape index (κ2) is 8.76. The fourth-order valence-electron chi connectivity index (χ4n) is 3.66. The lowest BCUT2D eigenvalue weighted by Crippen LogP contribution is -2.87. The molecule has 0 aliphatic heterocycles. The van der Waals surface area contributed by atoms with Gasteiger partial charge in [-0.3, -0.25) is 4.79 Å². The molecule has 1 amide bonds. The average molecular weight is 385 g/mol. The molecule has 29 heavy (non-hydrogen) atoms. The number of aryl methyl sites for hydroxylation is 1. The van der Waals surface area contributed by atoms with Crippen molar-refractivity contribution in [1.29, 1.82) is 0 Å². The van der Waals surface area contributed by atoms with E-state index in [9.17, 15) is 4.79 Å². The van der Waals surface area contributed by atoms with Crippen LogP contribution in [0.4, 0.5) is 5.69 Å². The van der Waals surface area contributed by atoms with Gasteiger partial charge in [-0.1, -0.05) is 66.2 Å². The molecule has 4 nitrogen and oxygen atoms in total. The van der Waals surface area contributed by atoms with Gasteiger partial charge in [0.05, 0.1) is 6.54 Å². The van der Waals surface area contributed by atoms with Crippen molar-refractivity contribution in [3.05, 3.63) is 102 Å². The first-order chi connectivity index (χ1) is 14.2. The molecular weight excluding hydrogens is 358 g/mol. The fourth-order valence-corrected chi connectivity index (χ4v) is 3.66. The van der Waals surface area contributed by atoms with Gasteiger partial charge >= 0.3 is 0 Å². The van der Waals surface area contributed by atoms with Gasteiger partial charge in [-0.15, -0.1) is 0 Å². The summed E-state index contributed by atoms with van der Waals surface area (Å²) < 4.78 is 0. The van der Waals surface area contributed by atoms with Gasteiger partial charge in [0.25, 0.3) is 5.91 Å². The lowest BCUT2D eigenvalue weighted by Gasteiger charge is -2.16. The first-order valence-corrected chi connectivity index (χ1v) is 10.0. The van der Waals surface area contributed by atoms with Crippen LogP contribution < -0.4 is 10.6 Å². The van der Waals surface area contributed by atoms with Crippen LogP contribution in [0.15, 0.2) is 85.1 Å². The standard InChI is InChI=1S/C25H25N3O/c1-18-11-13-21(14-12-18)28-25(29)24(19-7-3-2-4-8-19)26-16-15-20-17-27-23-10-6-5-9-22(20)23/h2-14,17,24,26-27H,15-16H2,1H3,(H,28,29)/p+1/t24-/m1/s1. The smallest absolute Gasteiger partial charge is 0.287 e. The second-order valence-electron chi connectivity index (χ2n) is 7.38. The number of benzene rings is 3. The van der Waals surface area contributed by atoms with Gasteiger partial charge in [0.2, 0.25) is 0 Å². The van der Waals surface area contributed by atoms with Crippen molar-refractivity contribution >= 4 is 22.5 Å². The number of amides is 1. The van der Waals surface area contributed by atoms with Gasteiger partial charge < -0.3 is 15.6 Å². The SMILES string of the molecule is Cc1ccc(NC(=O)[C@H]([NH2+]CCc2c[nH]c3ccccc23)c2ccccc2)cc1. The summed E-state index contributed by atoms with van der Waals surface area (Å²) in [4.78, 5) is 16.4. The molecule has 0 saturated heterocycles. The van der Waals surface area contributed by atoms with Crippen LogP contribution in [-0.2, 0) is 11.2 Å². The topological polar surface area (TPSA) is 61.5 Å². The van der Waals surface area contributed by atoms with E-state index in [-0.39, 0.29) is 11.9 Å². The lowest BCUT2D eigenvalue weighted by atomic mass is 10.0. The minimum atomic E-state index is -0.289. The van der Waals surface area contributed by atoms with Gasteiger partial charge in [0, 0.05) is 34.8 Å². The number of para-hydroxylation sites is 1. The fraction of sp³-hybridized carbons (Fsp3) is 0.160. The third-order valence-electron chi connectivity index (χ3n) is 5.25. The monoisotopic (exact) mass is 384 g/mol. The quantitative estimate of drug-likeness (QED) is 0.444. The summed E-state index contributed by atoms with van der Waals surface area (Å²) in [7, 11) is 0. The van der Waals surface area contributed by atoms with Crippen LogP contribution in [-0.4, -0.2) is 17.4 Å². The van der Waals surface area contributed by atoms with Crippen molar-refractivity contribution in [3.8, 4) is 0 Å². The molecule has 146 valence electrons. The van der Waals surface area contributed by atoms with E-state index in [1.807, 2.05) is 67.6 Å². The Morgan fingerprint density at radius 1 is 0.966 bits per heavy atom. The van der Waals surface area contributed by atoms with Gasteiger partial charge in [-0.2, -0.15) is 0 Å². The molecule has 4 heteroatoms. The highest BCUT2D eigenvalue weighted by Gasteiger charge is 2.24. The number of quaternary nitrogens is 1. The Bertz CT molecular complexity index is 1080. The molecule has 0 bridgehead atoms. The molecule has 0 spiro atoms. The Kier molecular flexibility index (Phi) is 5.73. The number of anilines is 1. The third kappa shape index (κ3) is 4.55. The number of hydrogen-bond donors (Lipinski definition) is 3. The molecule has 4 rings (SSSR count). The summed E-state index contributed by atoms with van der Waals surface area (Å²) in [5, 5.41) is 6.44. The molecule has 1 heterocycles. The maximum atomic E-state index is 13.1. The molecule has 0 unspecified atom stereocenters. The van der Waals surface area contributed by atoms with E-state index in [4.69, 9.17) is 0 Å². The summed E-state index contributed by atoms with van der Waals surface area (Å²) in [6.07, 6.45) is 2.97. The number of carbonyl (C=O) groups excluding carboxylic acids is 1. The minimum absolute atomic E-state index is 0.000945. The number of carbonyl (C=O) groups is 1. The molecule has 0 fully saturated rings. The van der Waals surface area contributed by atoms with Crippen LogP contribution in [0.2, 0.25) is 0 Å². The maximum absolute atomic E-state index is 13.1. The van der Waals surface area contributed by atoms with E-state index in [2.05, 4.69) is 40.0 Å². The summed E-state index contributed by atoms with van der Waals surface area (Å²) in [6, 6.07) is 25.9. The average Bonchev–Trinajstić information content (AvgIpc) is 3.16. The van der Waals surface area contributed by atoms with Gasteiger partial charge in [0.1, 0.15) is 0 Å². The Labute approximate surface area is 171 Å². The number of aromatic amines is 1. The summed E-state index contributed by atoms with van der Waals surface area (Å²) in [5.74, 6) is -0.000945. The van der Waals surface area contributed by atoms with E-state index in [1.165, 1.54) is 16.5 Å². The van der Waals surface area contributed by atoms with Crippen LogP contribution in [0, 0.1) is 6.92 Å². The summed E-state index contributed by atoms with van der Waals surface area (Å²) >= 11 is 0. The highest BCUT2D eigenvalue weighted by atomic mass is 16.2. The Morgan fingerprint density at radius 3 is 2.48 bits per heavy atom. The predicted molar refractivity (Wildman–Crippen MR) is 118 cm³/mol. The van der Waals surface area contributed by atoms with Crippen LogP contribution in [0.5, 0.6) is 0 Å². The molecule has 4 aromatic rings. The van der Waals surface area contributed by atoms with E-state index >= 15 is 0 Å². The zero-order chi connectivity index (χ0) is 20.1. The highest BCUT2D eigenvalue weighted by Crippen LogP contribution is 2.18. The van der Waals surface area contributed by atoms with E-state index in [1.54, 1.807) is 0 Å². The third-order valence-corrected chi connectivity index (χ3v) is 5.25. The van der Waals surface area contributed by atoms with Crippen molar-refractivity contribution in [1.82, 2.24) is 4.98 Å². The molecule has 3 aromatic carbocycles. The molecule has 4 N–H and O–H groups in total. The molecule has 1 aromatic heterocycles. The Morgan fingerprint density at radius 2 is 1.69 bits per heavy atom. The Hall–Kier alpha value is -3.37. The molecular formula is C25H26N3O+. The number of nitrogens with one attached hydrogen (secondary N) is 2. The van der Waals surface area contributed by atoms with E-state index in [0.717, 1.165) is 29.7 Å². The van der Waals surface area contributed by atoms with Crippen LogP contribution in [0.1, 0.15) is 22.7 Å². The van der Waals surface area contributed by atoms with Crippen molar-refractivity contribution in [2.24, 2.45) is 0 Å². The van der Waals surface area contributed by atoms with E-state index < -0.39 is 0 Å². The number of H-pyrrole nitrogens is 1. The van der Waals surface area contributed by atoms with E-state index in [0.29, 0.717) is 0 Å². The van der Waals surface area contributed by atoms with Crippen molar-refractivity contribution in [2.75, 3.05) is 11.9 Å². The zero-order valence-corrected chi connectivity index (χ0v) is 16.6. The van der Waals surface area contributed by atoms with Crippen molar-refractivity contribution in [3.63, 3.8) is 0 Å². The summed E-state index contributed by atoms with van der Waals surface area (Å²) in [6.45, 7) is 2.86. The maximum Gasteiger partial charge on any atom is 0.287 e. The number of aromatic nitrogens is 1. The zero-order valence-electron chi connectivity index (χ0n) is 16.6. The predicted octanol–water partition coefficient (Wildman–Crippen LogP) is 3.96.